The molecular formula is C22H23ClN4O. The number of nitrogens with one attached hydrogen (secondary N) is 1. The molecule has 2 heterocycles. The van der Waals surface area contributed by atoms with E-state index < -0.39 is 0 Å². The molecule has 1 aliphatic rings. The van der Waals surface area contributed by atoms with Crippen LogP contribution in [0.3, 0.4) is 0 Å². The Morgan fingerprint density at radius 2 is 2.11 bits per heavy atom. The van der Waals surface area contributed by atoms with E-state index >= 15 is 0 Å². The monoisotopic (exact) mass is 394 g/mol. The van der Waals surface area contributed by atoms with Crippen LogP contribution in [-0.2, 0) is 0 Å². The van der Waals surface area contributed by atoms with E-state index in [1.54, 1.807) is 6.20 Å². The lowest BCUT2D eigenvalue weighted by Crippen LogP contribution is -2.49. The van der Waals surface area contributed by atoms with Gasteiger partial charge >= 0.3 is 0 Å². The summed E-state index contributed by atoms with van der Waals surface area (Å²) in [5, 5.41) is 5.37. The quantitative estimate of drug-likeness (QED) is 0.707. The highest BCUT2D eigenvalue weighted by Gasteiger charge is 2.24. The zero-order valence-corrected chi connectivity index (χ0v) is 16.8. The van der Waals surface area contributed by atoms with Gasteiger partial charge in [0.1, 0.15) is 5.82 Å². The number of pyridine rings is 1. The summed E-state index contributed by atoms with van der Waals surface area (Å²) in [6, 6.07) is 11.8. The molecule has 5 nitrogen and oxygen atoms in total. The third kappa shape index (κ3) is 3.43. The van der Waals surface area contributed by atoms with Crippen LogP contribution in [0.5, 0.6) is 0 Å². The van der Waals surface area contributed by atoms with Crippen LogP contribution in [0.25, 0.3) is 21.9 Å². The number of hydrogen-bond acceptors (Lipinski definition) is 4. The van der Waals surface area contributed by atoms with E-state index in [0.29, 0.717) is 23.0 Å². The Bertz CT molecular complexity index is 1040. The molecule has 2 aromatic carbocycles. The molecule has 1 aromatic heterocycles. The second-order valence-electron chi connectivity index (χ2n) is 7.55. The molecule has 0 bridgehead atoms. The first-order valence-corrected chi connectivity index (χ1v) is 9.72. The molecule has 1 fully saturated rings. The standard InChI is InChI=1S/C22H23ClN4O/c1-13-4-3-5-18(23)19(13)15-6-7-17-16(8-15)10-25-21(24)20(17)22(28)26-9-14-11-27(2)12-14/h3-8,10,14H,9,11-12H2,1-2H3,(H2,24,25)(H,26,28). The number of likely N-dealkylation sites (tertiary alicyclic amines) is 1. The zero-order valence-electron chi connectivity index (χ0n) is 16.0. The van der Waals surface area contributed by atoms with Crippen LogP contribution in [0, 0.1) is 12.8 Å². The van der Waals surface area contributed by atoms with Gasteiger partial charge in [0.05, 0.1) is 5.56 Å². The van der Waals surface area contributed by atoms with Crippen molar-refractivity contribution in [2.45, 2.75) is 6.92 Å². The topological polar surface area (TPSA) is 71.2 Å². The van der Waals surface area contributed by atoms with Gasteiger partial charge in [-0.25, -0.2) is 4.98 Å². The molecule has 0 unspecified atom stereocenters. The van der Waals surface area contributed by atoms with E-state index in [4.69, 9.17) is 17.3 Å². The van der Waals surface area contributed by atoms with Crippen molar-refractivity contribution in [3.63, 3.8) is 0 Å². The van der Waals surface area contributed by atoms with Gasteiger partial charge < -0.3 is 16.0 Å². The van der Waals surface area contributed by atoms with Gasteiger partial charge in [-0.2, -0.15) is 0 Å². The summed E-state index contributed by atoms with van der Waals surface area (Å²) in [6.45, 7) is 4.69. The molecule has 1 amide bonds. The SMILES string of the molecule is Cc1cccc(Cl)c1-c1ccc2c(C(=O)NCC3CN(C)C3)c(N)ncc2c1. The number of halogens is 1. The highest BCUT2D eigenvalue weighted by molar-refractivity contribution is 6.33. The van der Waals surface area contributed by atoms with E-state index in [9.17, 15) is 4.79 Å². The van der Waals surface area contributed by atoms with Crippen LogP contribution >= 0.6 is 11.6 Å². The molecular weight excluding hydrogens is 372 g/mol. The van der Waals surface area contributed by atoms with Crippen molar-refractivity contribution < 1.29 is 4.79 Å². The molecule has 0 saturated carbocycles. The second-order valence-corrected chi connectivity index (χ2v) is 7.96. The van der Waals surface area contributed by atoms with Crippen molar-refractivity contribution in [1.82, 2.24) is 15.2 Å². The maximum absolute atomic E-state index is 12.8. The van der Waals surface area contributed by atoms with E-state index in [1.165, 1.54) is 0 Å². The highest BCUT2D eigenvalue weighted by atomic mass is 35.5. The van der Waals surface area contributed by atoms with Crippen LogP contribution in [0.1, 0.15) is 15.9 Å². The number of carbonyl (C=O) groups excluding carboxylic acids is 1. The van der Waals surface area contributed by atoms with Gasteiger partial charge in [-0.15, -0.1) is 0 Å². The molecule has 28 heavy (non-hydrogen) atoms. The summed E-state index contributed by atoms with van der Waals surface area (Å²) in [5.74, 6) is 0.567. The first-order chi connectivity index (χ1) is 13.4. The molecule has 1 saturated heterocycles. The lowest BCUT2D eigenvalue weighted by atomic mass is 9.96. The lowest BCUT2D eigenvalue weighted by Gasteiger charge is -2.36. The molecule has 0 aliphatic carbocycles. The minimum absolute atomic E-state index is 0.174. The van der Waals surface area contributed by atoms with E-state index in [0.717, 1.165) is 40.6 Å². The highest BCUT2D eigenvalue weighted by Crippen LogP contribution is 2.34. The number of nitrogen functional groups attached to an aromatic ring is 1. The normalized spacial score (nSPS) is 14.8. The number of nitrogens with two attached hydrogens (primary N) is 1. The summed E-state index contributed by atoms with van der Waals surface area (Å²) in [6.07, 6.45) is 1.71. The number of amides is 1. The van der Waals surface area contributed by atoms with Gasteiger partial charge in [0.25, 0.3) is 5.91 Å². The molecule has 4 rings (SSSR count). The average Bonchev–Trinajstić information content (AvgIpc) is 2.64. The van der Waals surface area contributed by atoms with Crippen LogP contribution in [0.4, 0.5) is 5.82 Å². The summed E-state index contributed by atoms with van der Waals surface area (Å²) in [5.41, 5.74) is 9.57. The Hall–Kier alpha value is -2.63. The Kier molecular flexibility index (Phi) is 4.96. The number of benzene rings is 2. The van der Waals surface area contributed by atoms with Gasteiger partial charge in [-0.05, 0) is 42.6 Å². The van der Waals surface area contributed by atoms with Crippen molar-refractivity contribution >= 4 is 34.1 Å². The van der Waals surface area contributed by atoms with Gasteiger partial charge in [0, 0.05) is 47.7 Å². The fourth-order valence-electron chi connectivity index (χ4n) is 3.91. The maximum Gasteiger partial charge on any atom is 0.255 e. The third-order valence-corrected chi connectivity index (χ3v) is 5.66. The summed E-state index contributed by atoms with van der Waals surface area (Å²) in [7, 11) is 2.07. The molecule has 0 atom stereocenters. The maximum atomic E-state index is 12.8. The molecule has 0 radical (unpaired) electrons. The Morgan fingerprint density at radius 3 is 2.82 bits per heavy atom. The zero-order chi connectivity index (χ0) is 19.8. The number of aromatic nitrogens is 1. The number of hydrogen-bond donors (Lipinski definition) is 2. The van der Waals surface area contributed by atoms with Crippen molar-refractivity contribution in [1.29, 1.82) is 0 Å². The van der Waals surface area contributed by atoms with Crippen molar-refractivity contribution in [2.24, 2.45) is 5.92 Å². The van der Waals surface area contributed by atoms with Gasteiger partial charge in [0.2, 0.25) is 0 Å². The number of anilines is 1. The van der Waals surface area contributed by atoms with E-state index in [1.807, 2.05) is 43.3 Å². The minimum Gasteiger partial charge on any atom is -0.383 e. The largest absolute Gasteiger partial charge is 0.383 e. The predicted octanol–water partition coefficient (Wildman–Crippen LogP) is 3.74. The van der Waals surface area contributed by atoms with Crippen LogP contribution in [-0.4, -0.2) is 42.5 Å². The van der Waals surface area contributed by atoms with E-state index in [-0.39, 0.29) is 11.7 Å². The average molecular weight is 395 g/mol. The Balaban J connectivity index is 1.68. The smallest absolute Gasteiger partial charge is 0.255 e. The molecule has 6 heteroatoms. The van der Waals surface area contributed by atoms with Crippen molar-refractivity contribution in [2.75, 3.05) is 32.4 Å². The van der Waals surface area contributed by atoms with Crippen molar-refractivity contribution in [3.05, 3.63) is 58.7 Å². The molecule has 3 N–H and O–H groups in total. The van der Waals surface area contributed by atoms with Crippen LogP contribution < -0.4 is 11.1 Å². The summed E-state index contributed by atoms with van der Waals surface area (Å²) in [4.78, 5) is 19.3. The van der Waals surface area contributed by atoms with Gasteiger partial charge in [-0.3, -0.25) is 4.79 Å². The van der Waals surface area contributed by atoms with Crippen LogP contribution in [0.15, 0.2) is 42.6 Å². The predicted molar refractivity (Wildman–Crippen MR) is 115 cm³/mol. The van der Waals surface area contributed by atoms with Crippen molar-refractivity contribution in [3.8, 4) is 11.1 Å². The number of rotatable bonds is 4. The van der Waals surface area contributed by atoms with Gasteiger partial charge in [-0.1, -0.05) is 35.9 Å². The number of fused-ring (bicyclic) bond motifs is 1. The third-order valence-electron chi connectivity index (χ3n) is 5.35. The summed E-state index contributed by atoms with van der Waals surface area (Å²) < 4.78 is 0. The van der Waals surface area contributed by atoms with Crippen LogP contribution in [0.2, 0.25) is 5.02 Å². The minimum atomic E-state index is -0.174. The fourth-order valence-corrected chi connectivity index (χ4v) is 4.24. The molecule has 0 spiro atoms. The lowest BCUT2D eigenvalue weighted by molar-refractivity contribution is 0.0900. The Morgan fingerprint density at radius 1 is 1.32 bits per heavy atom. The first kappa shape index (κ1) is 18.7. The number of aryl methyl sites for hydroxylation is 1. The Labute approximate surface area is 169 Å². The van der Waals surface area contributed by atoms with Gasteiger partial charge in [0.15, 0.2) is 0 Å². The number of nitrogens with zero attached hydrogens (tertiary/aromatic N) is 2. The molecule has 3 aromatic rings. The second kappa shape index (κ2) is 7.41. The fraction of sp³-hybridized carbons (Fsp3) is 0.273. The summed E-state index contributed by atoms with van der Waals surface area (Å²) >= 11 is 6.42. The number of carbonyl (C=O) groups is 1. The molecule has 1 aliphatic heterocycles. The van der Waals surface area contributed by atoms with E-state index in [2.05, 4.69) is 22.2 Å². The molecule has 144 valence electrons. The first-order valence-electron chi connectivity index (χ1n) is 9.34.